The lowest BCUT2D eigenvalue weighted by atomic mass is 9.81. The van der Waals surface area contributed by atoms with Crippen molar-refractivity contribution >= 4 is 68.3 Å². The van der Waals surface area contributed by atoms with Gasteiger partial charge in [-0.15, -0.1) is 0 Å². The van der Waals surface area contributed by atoms with Crippen molar-refractivity contribution in [3.8, 4) is 0 Å². The average Bonchev–Trinajstić information content (AvgIpc) is 3.53. The first-order valence-corrected chi connectivity index (χ1v) is 18.3. The number of halogens is 1. The lowest BCUT2D eigenvalue weighted by Crippen LogP contribution is -2.64. The van der Waals surface area contributed by atoms with Crippen LogP contribution in [0.2, 0.25) is 0 Å². The molecule has 1 aliphatic rings. The number of β-lactam (4-membered cyclic amide) rings is 1. The minimum Gasteiger partial charge on any atom is -0.458 e. The largest absolute Gasteiger partial charge is 0.458 e. The minimum atomic E-state index is -2.99. The molecular weight excluding hydrogens is 648 g/mol. The van der Waals surface area contributed by atoms with Crippen molar-refractivity contribution in [2.45, 2.75) is 25.6 Å². The quantitative estimate of drug-likeness (QED) is 0.0467. The molecule has 6 nitrogen and oxygen atoms in total. The monoisotopic (exact) mass is 683 g/mol. The maximum atomic E-state index is 15.2. The SMILES string of the molecule is C=CCOC(=O)c1ccccc1P(=CN1C(=O)[C@H]([C@@H](C)F)[C@H]1CC(=O)c1ccc2c(c1)oc1ccccc12)(c1ccccc1)c1ccccc1. The van der Waals surface area contributed by atoms with Gasteiger partial charge in [0.05, 0.1) is 17.5 Å². The van der Waals surface area contributed by atoms with Crippen molar-refractivity contribution in [1.82, 2.24) is 4.90 Å². The van der Waals surface area contributed by atoms with Gasteiger partial charge >= 0.3 is 5.97 Å². The van der Waals surface area contributed by atoms with E-state index in [1.165, 1.54) is 17.9 Å². The van der Waals surface area contributed by atoms with Gasteiger partial charge in [-0.2, -0.15) is 0 Å². The number of furan rings is 1. The third-order valence-corrected chi connectivity index (χ3v) is 13.3. The molecule has 6 aromatic rings. The number of carbonyl (C=O) groups excluding carboxylic acids is 3. The van der Waals surface area contributed by atoms with Crippen LogP contribution in [0.1, 0.15) is 34.1 Å². The molecule has 1 fully saturated rings. The van der Waals surface area contributed by atoms with Crippen LogP contribution in [0.3, 0.4) is 0 Å². The molecule has 1 aromatic heterocycles. The van der Waals surface area contributed by atoms with Crippen molar-refractivity contribution in [1.29, 1.82) is 0 Å². The first-order valence-electron chi connectivity index (χ1n) is 16.5. The predicted molar refractivity (Wildman–Crippen MR) is 199 cm³/mol. The van der Waals surface area contributed by atoms with Crippen LogP contribution >= 0.6 is 6.89 Å². The number of Topliss-reactive ketones (excluding diaryl/α,β-unsaturated/α-hetero) is 1. The van der Waals surface area contributed by atoms with Crippen LogP contribution < -0.4 is 15.9 Å². The second kappa shape index (κ2) is 13.8. The molecule has 0 unspecified atom stereocenters. The fourth-order valence-corrected chi connectivity index (χ4v) is 11.0. The summed E-state index contributed by atoms with van der Waals surface area (Å²) in [6.07, 6.45) is -0.0711. The van der Waals surface area contributed by atoms with E-state index in [4.69, 9.17) is 9.15 Å². The number of esters is 1. The lowest BCUT2D eigenvalue weighted by Gasteiger charge is -2.48. The highest BCUT2D eigenvalue weighted by molar-refractivity contribution is 7.94. The first kappa shape index (κ1) is 33.0. The van der Waals surface area contributed by atoms with E-state index >= 15 is 4.39 Å². The molecule has 3 atom stereocenters. The number of benzene rings is 5. The molecule has 7 rings (SSSR count). The zero-order valence-electron chi connectivity index (χ0n) is 27.4. The number of ketones is 1. The van der Waals surface area contributed by atoms with Gasteiger partial charge in [0.2, 0.25) is 5.91 Å². The number of amides is 1. The molecule has 1 amide bonds. The highest BCUT2D eigenvalue weighted by Crippen LogP contribution is 2.47. The van der Waals surface area contributed by atoms with Crippen LogP contribution in [-0.4, -0.2) is 47.3 Å². The normalized spacial score (nSPS) is 16.5. The summed E-state index contributed by atoms with van der Waals surface area (Å²) in [6.45, 7) is 2.08. The maximum absolute atomic E-state index is 15.2. The highest BCUT2D eigenvalue weighted by atomic mass is 31.2. The van der Waals surface area contributed by atoms with E-state index in [0.29, 0.717) is 22.0 Å². The van der Waals surface area contributed by atoms with E-state index in [9.17, 15) is 14.4 Å². The maximum Gasteiger partial charge on any atom is 0.339 e. The minimum absolute atomic E-state index is 0.0314. The summed E-state index contributed by atoms with van der Waals surface area (Å²) in [4.78, 5) is 43.1. The first-order chi connectivity index (χ1) is 24.3. The van der Waals surface area contributed by atoms with Crippen LogP contribution in [0.25, 0.3) is 21.9 Å². The third-order valence-electron chi connectivity index (χ3n) is 9.36. The van der Waals surface area contributed by atoms with E-state index < -0.39 is 36.9 Å². The van der Waals surface area contributed by atoms with Gasteiger partial charge in [0.1, 0.15) is 23.9 Å². The number of para-hydroxylation sites is 1. The Morgan fingerprint density at radius 1 is 0.860 bits per heavy atom. The molecule has 2 heterocycles. The zero-order chi connectivity index (χ0) is 34.8. The van der Waals surface area contributed by atoms with Gasteiger partial charge in [0, 0.05) is 28.7 Å². The number of carbonyl (C=O) groups is 3. The number of likely N-dealkylation sites (tertiary alicyclic amines) is 1. The summed E-state index contributed by atoms with van der Waals surface area (Å²) in [5.74, 6) is -0.299. The lowest BCUT2D eigenvalue weighted by molar-refractivity contribution is -0.151. The zero-order valence-corrected chi connectivity index (χ0v) is 28.3. The van der Waals surface area contributed by atoms with Crippen LogP contribution in [0.4, 0.5) is 4.39 Å². The van der Waals surface area contributed by atoms with Gasteiger partial charge in [-0.1, -0.05) is 116 Å². The van der Waals surface area contributed by atoms with Crippen molar-refractivity contribution in [3.63, 3.8) is 0 Å². The topological polar surface area (TPSA) is 76.8 Å². The molecule has 1 aliphatic heterocycles. The molecule has 0 spiro atoms. The Labute approximate surface area is 289 Å². The fraction of sp³-hybridized carbons (Fsp3) is 0.143. The summed E-state index contributed by atoms with van der Waals surface area (Å²) in [5, 5.41) is 4.28. The van der Waals surface area contributed by atoms with Gasteiger partial charge in [-0.3, -0.25) is 9.59 Å². The van der Waals surface area contributed by atoms with Gasteiger partial charge in [-0.25, -0.2) is 9.18 Å². The Morgan fingerprint density at radius 2 is 1.48 bits per heavy atom. The summed E-state index contributed by atoms with van der Waals surface area (Å²) in [6, 6.07) is 38.9. The Kier molecular flexibility index (Phi) is 9.09. The summed E-state index contributed by atoms with van der Waals surface area (Å²) in [7, 11) is 0. The van der Waals surface area contributed by atoms with Crippen molar-refractivity contribution in [3.05, 3.63) is 151 Å². The number of rotatable bonds is 11. The molecular formula is C42H35FNO5P. The van der Waals surface area contributed by atoms with E-state index in [1.807, 2.05) is 109 Å². The molecule has 0 radical (unpaired) electrons. The predicted octanol–water partition coefficient (Wildman–Crippen LogP) is 7.44. The smallest absolute Gasteiger partial charge is 0.339 e. The summed E-state index contributed by atoms with van der Waals surface area (Å²) < 4.78 is 26.8. The number of hydrogen-bond acceptors (Lipinski definition) is 5. The molecule has 50 heavy (non-hydrogen) atoms. The molecule has 0 N–H and O–H groups in total. The van der Waals surface area contributed by atoms with Crippen molar-refractivity contribution in [2.75, 3.05) is 6.61 Å². The van der Waals surface area contributed by atoms with E-state index in [0.717, 1.165) is 27.0 Å². The van der Waals surface area contributed by atoms with Crippen LogP contribution in [-0.2, 0) is 9.53 Å². The van der Waals surface area contributed by atoms with Crippen molar-refractivity contribution in [2.24, 2.45) is 5.92 Å². The Morgan fingerprint density at radius 3 is 2.16 bits per heavy atom. The molecule has 0 bridgehead atoms. The number of fused-ring (bicyclic) bond motifs is 3. The molecule has 5 aromatic carbocycles. The summed E-state index contributed by atoms with van der Waals surface area (Å²) in [5.41, 5.74) is 2.07. The van der Waals surface area contributed by atoms with E-state index in [1.54, 1.807) is 24.3 Å². The number of ether oxygens (including phenoxy) is 1. The Hall–Kier alpha value is -5.52. The fourth-order valence-electron chi connectivity index (χ4n) is 6.97. The Bertz CT molecular complexity index is 2250. The molecule has 0 aliphatic carbocycles. The summed E-state index contributed by atoms with van der Waals surface area (Å²) >= 11 is 0. The van der Waals surface area contributed by atoms with E-state index in [-0.39, 0.29) is 18.8 Å². The second-order valence-corrected chi connectivity index (χ2v) is 15.6. The number of nitrogens with zero attached hydrogens (tertiary/aromatic N) is 1. The second-order valence-electron chi connectivity index (χ2n) is 12.4. The number of hydrogen-bond donors (Lipinski definition) is 0. The third kappa shape index (κ3) is 5.78. The highest BCUT2D eigenvalue weighted by Gasteiger charge is 2.51. The van der Waals surface area contributed by atoms with Crippen LogP contribution in [0.15, 0.2) is 144 Å². The Balaban J connectivity index is 1.38. The van der Waals surface area contributed by atoms with Gasteiger partial charge in [-0.05, 0) is 54.0 Å². The van der Waals surface area contributed by atoms with Gasteiger partial charge in [0.25, 0.3) is 0 Å². The molecule has 8 heteroatoms. The van der Waals surface area contributed by atoms with E-state index in [2.05, 4.69) is 6.58 Å². The average molecular weight is 684 g/mol. The molecule has 250 valence electrons. The molecule has 0 saturated carbocycles. The number of alkyl halides is 1. The van der Waals surface area contributed by atoms with Crippen LogP contribution in [0.5, 0.6) is 0 Å². The van der Waals surface area contributed by atoms with Gasteiger partial charge in [0.15, 0.2) is 5.78 Å². The van der Waals surface area contributed by atoms with Crippen molar-refractivity contribution < 1.29 is 27.9 Å². The molecule has 1 saturated heterocycles. The standard InChI is InChI=1S/C42H35FNO5P/c1-3-24-48-42(47)34-19-11-13-21-39(34)50(30-14-6-4-7-15-30,31-16-8-5-9-17-31)27-44-35(40(28(2)43)41(44)46)26-36(45)29-22-23-33-32-18-10-12-20-37(32)49-38(33)25-29/h3-23,25,27-28,35,40H,1,24,26H2,2H3/t28-,35-,40-/m1/s1. The van der Waals surface area contributed by atoms with Crippen LogP contribution in [0, 0.1) is 5.92 Å². The van der Waals surface area contributed by atoms with Gasteiger partial charge < -0.3 is 14.1 Å².